The van der Waals surface area contributed by atoms with Crippen LogP contribution in [0.4, 0.5) is 15.8 Å². The summed E-state index contributed by atoms with van der Waals surface area (Å²) in [5, 5.41) is 13.5. The second-order valence-corrected chi connectivity index (χ2v) is 4.70. The van der Waals surface area contributed by atoms with Gasteiger partial charge in [0, 0.05) is 12.6 Å². The molecule has 0 saturated heterocycles. The molecule has 0 aliphatic rings. The van der Waals surface area contributed by atoms with Crippen molar-refractivity contribution in [3.8, 4) is 5.75 Å². The van der Waals surface area contributed by atoms with Crippen LogP contribution in [0.1, 0.15) is 12.0 Å². The van der Waals surface area contributed by atoms with E-state index in [1.165, 1.54) is 37.6 Å². The topological polar surface area (TPSA) is 94.4 Å². The lowest BCUT2D eigenvalue weighted by atomic mass is 10.1. The normalized spacial score (nSPS) is 10.2. The highest BCUT2D eigenvalue weighted by molar-refractivity contribution is 5.93. The molecule has 7 nitrogen and oxygen atoms in total. The SMILES string of the molecule is COc1ccc(NC(=O)CCc2cncc(F)c2)c([N+](=O)[O-])c1. The van der Waals surface area contributed by atoms with Gasteiger partial charge in [-0.1, -0.05) is 0 Å². The van der Waals surface area contributed by atoms with E-state index in [4.69, 9.17) is 4.74 Å². The van der Waals surface area contributed by atoms with Gasteiger partial charge in [0.2, 0.25) is 5.91 Å². The number of hydrogen-bond donors (Lipinski definition) is 1. The monoisotopic (exact) mass is 319 g/mol. The number of carbonyl (C=O) groups excluding carboxylic acids is 1. The van der Waals surface area contributed by atoms with Crippen LogP contribution in [0, 0.1) is 15.9 Å². The summed E-state index contributed by atoms with van der Waals surface area (Å²) in [7, 11) is 1.39. The van der Waals surface area contributed by atoms with Crippen LogP contribution in [0.15, 0.2) is 36.7 Å². The number of hydrogen-bond acceptors (Lipinski definition) is 5. The van der Waals surface area contributed by atoms with E-state index in [9.17, 15) is 19.3 Å². The molecule has 120 valence electrons. The van der Waals surface area contributed by atoms with Crippen LogP contribution in [0.2, 0.25) is 0 Å². The Labute approximate surface area is 131 Å². The van der Waals surface area contributed by atoms with E-state index in [1.54, 1.807) is 0 Å². The molecule has 0 unspecified atom stereocenters. The first-order valence-electron chi connectivity index (χ1n) is 6.71. The Hall–Kier alpha value is -3.03. The lowest BCUT2D eigenvalue weighted by molar-refractivity contribution is -0.384. The molecule has 2 aromatic rings. The first-order valence-corrected chi connectivity index (χ1v) is 6.71. The van der Waals surface area contributed by atoms with Gasteiger partial charge in [0.25, 0.3) is 5.69 Å². The maximum atomic E-state index is 13.0. The summed E-state index contributed by atoms with van der Waals surface area (Å²) < 4.78 is 17.9. The number of amides is 1. The Bertz CT molecular complexity index is 736. The maximum absolute atomic E-state index is 13.0. The molecule has 0 spiro atoms. The standard InChI is InChI=1S/C15H14FN3O4/c1-23-12-3-4-13(14(7-12)19(21)22)18-15(20)5-2-10-6-11(16)9-17-8-10/h3-4,6-9H,2,5H2,1H3,(H,18,20). The van der Waals surface area contributed by atoms with Crippen molar-refractivity contribution >= 4 is 17.3 Å². The third-order valence-corrected chi connectivity index (χ3v) is 3.08. The molecule has 1 N–H and O–H groups in total. The number of methoxy groups -OCH3 is 1. The minimum Gasteiger partial charge on any atom is -0.496 e. The number of rotatable bonds is 6. The molecule has 23 heavy (non-hydrogen) atoms. The molecular formula is C15H14FN3O4. The number of anilines is 1. The molecule has 0 aliphatic heterocycles. The van der Waals surface area contributed by atoms with Gasteiger partial charge in [0.15, 0.2) is 0 Å². The number of benzene rings is 1. The summed E-state index contributed by atoms with van der Waals surface area (Å²) in [5.74, 6) is -0.572. The van der Waals surface area contributed by atoms with Crippen LogP contribution in [0.25, 0.3) is 0 Å². The third-order valence-electron chi connectivity index (χ3n) is 3.08. The van der Waals surface area contributed by atoms with Crippen molar-refractivity contribution in [3.05, 3.63) is 58.2 Å². The van der Waals surface area contributed by atoms with E-state index >= 15 is 0 Å². The number of nitro groups is 1. The van der Waals surface area contributed by atoms with Gasteiger partial charge in [-0.25, -0.2) is 4.39 Å². The minimum atomic E-state index is -0.603. The summed E-state index contributed by atoms with van der Waals surface area (Å²) >= 11 is 0. The van der Waals surface area contributed by atoms with Gasteiger partial charge in [0.05, 0.1) is 24.3 Å². The predicted molar refractivity (Wildman–Crippen MR) is 80.8 cm³/mol. The van der Waals surface area contributed by atoms with Crippen LogP contribution in [-0.2, 0) is 11.2 Å². The van der Waals surface area contributed by atoms with Gasteiger partial charge in [-0.2, -0.15) is 0 Å². The molecule has 2 rings (SSSR count). The summed E-state index contributed by atoms with van der Waals surface area (Å²) in [5.41, 5.74) is 0.396. The van der Waals surface area contributed by atoms with E-state index in [0.29, 0.717) is 11.3 Å². The number of nitrogens with one attached hydrogen (secondary N) is 1. The molecule has 0 aliphatic carbocycles. The van der Waals surface area contributed by atoms with Crippen LogP contribution < -0.4 is 10.1 Å². The highest BCUT2D eigenvalue weighted by atomic mass is 19.1. The van der Waals surface area contributed by atoms with Gasteiger partial charge >= 0.3 is 0 Å². The Morgan fingerprint density at radius 2 is 2.17 bits per heavy atom. The fourth-order valence-corrected chi connectivity index (χ4v) is 1.96. The first kappa shape index (κ1) is 16.3. The van der Waals surface area contributed by atoms with Crippen molar-refractivity contribution in [2.75, 3.05) is 12.4 Å². The van der Waals surface area contributed by atoms with Crippen molar-refractivity contribution in [2.24, 2.45) is 0 Å². The molecule has 0 saturated carbocycles. The number of carbonyl (C=O) groups is 1. The molecule has 8 heteroatoms. The Kier molecular flexibility index (Phi) is 5.19. The van der Waals surface area contributed by atoms with Crippen molar-refractivity contribution in [1.29, 1.82) is 0 Å². The number of nitrogens with zero attached hydrogens (tertiary/aromatic N) is 2. The Balaban J connectivity index is 2.04. The van der Waals surface area contributed by atoms with E-state index in [1.807, 2.05) is 0 Å². The second kappa shape index (κ2) is 7.30. The number of aryl methyl sites for hydroxylation is 1. The fraction of sp³-hybridized carbons (Fsp3) is 0.200. The van der Waals surface area contributed by atoms with E-state index in [2.05, 4.69) is 10.3 Å². The zero-order valence-corrected chi connectivity index (χ0v) is 12.3. The zero-order valence-electron chi connectivity index (χ0n) is 12.3. The van der Waals surface area contributed by atoms with Gasteiger partial charge in [0.1, 0.15) is 17.3 Å². The molecule has 1 heterocycles. The number of pyridine rings is 1. The molecule has 0 atom stereocenters. The third kappa shape index (κ3) is 4.47. The van der Waals surface area contributed by atoms with Crippen molar-refractivity contribution in [1.82, 2.24) is 4.98 Å². The maximum Gasteiger partial charge on any atom is 0.296 e. The van der Waals surface area contributed by atoms with Crippen LogP contribution in [-0.4, -0.2) is 22.9 Å². The molecular weight excluding hydrogens is 305 g/mol. The fourth-order valence-electron chi connectivity index (χ4n) is 1.96. The van der Waals surface area contributed by atoms with Gasteiger partial charge in [-0.15, -0.1) is 0 Å². The molecule has 0 bridgehead atoms. The molecule has 1 amide bonds. The first-order chi connectivity index (χ1) is 11.0. The molecule has 1 aromatic carbocycles. The average Bonchev–Trinajstić information content (AvgIpc) is 2.53. The minimum absolute atomic E-state index is 0.0499. The number of halogens is 1. The average molecular weight is 319 g/mol. The molecule has 1 aromatic heterocycles. The van der Waals surface area contributed by atoms with Crippen molar-refractivity contribution in [2.45, 2.75) is 12.8 Å². The number of aromatic nitrogens is 1. The number of nitro benzene ring substituents is 1. The zero-order chi connectivity index (χ0) is 16.8. The summed E-state index contributed by atoms with van der Waals surface area (Å²) in [6.45, 7) is 0. The van der Waals surface area contributed by atoms with E-state index in [0.717, 1.165) is 6.20 Å². The van der Waals surface area contributed by atoms with E-state index in [-0.39, 0.29) is 24.2 Å². The highest BCUT2D eigenvalue weighted by Gasteiger charge is 2.17. The Morgan fingerprint density at radius 3 is 2.83 bits per heavy atom. The summed E-state index contributed by atoms with van der Waals surface area (Å²) in [6, 6.07) is 5.43. The highest BCUT2D eigenvalue weighted by Crippen LogP contribution is 2.29. The van der Waals surface area contributed by atoms with Crippen molar-refractivity contribution < 1.29 is 18.8 Å². The second-order valence-electron chi connectivity index (χ2n) is 4.70. The molecule has 0 fully saturated rings. The van der Waals surface area contributed by atoms with Crippen LogP contribution in [0.5, 0.6) is 5.75 Å². The van der Waals surface area contributed by atoms with Crippen molar-refractivity contribution in [3.63, 3.8) is 0 Å². The number of ether oxygens (including phenoxy) is 1. The molecule has 0 radical (unpaired) electrons. The van der Waals surface area contributed by atoms with Crippen LogP contribution >= 0.6 is 0 Å². The largest absolute Gasteiger partial charge is 0.496 e. The summed E-state index contributed by atoms with van der Waals surface area (Å²) in [6.07, 6.45) is 2.87. The van der Waals surface area contributed by atoms with Crippen LogP contribution in [0.3, 0.4) is 0 Å². The Morgan fingerprint density at radius 1 is 1.39 bits per heavy atom. The predicted octanol–water partition coefficient (Wildman–Crippen LogP) is 2.71. The van der Waals surface area contributed by atoms with Gasteiger partial charge < -0.3 is 10.1 Å². The van der Waals surface area contributed by atoms with Gasteiger partial charge in [-0.3, -0.25) is 19.9 Å². The lowest BCUT2D eigenvalue weighted by Crippen LogP contribution is -2.13. The van der Waals surface area contributed by atoms with Gasteiger partial charge in [-0.05, 0) is 30.2 Å². The summed E-state index contributed by atoms with van der Waals surface area (Å²) in [4.78, 5) is 26.0. The smallest absolute Gasteiger partial charge is 0.296 e. The quantitative estimate of drug-likeness (QED) is 0.652. The van der Waals surface area contributed by atoms with E-state index < -0.39 is 16.6 Å². The lowest BCUT2D eigenvalue weighted by Gasteiger charge is -2.07.